The number of aryl methyl sites for hydroxylation is 3. The van der Waals surface area contributed by atoms with E-state index in [0.29, 0.717) is 5.56 Å². The average molecular weight is 413 g/mol. The minimum atomic E-state index is -0.725. The maximum atomic E-state index is 12.9. The van der Waals surface area contributed by atoms with Crippen LogP contribution in [-0.2, 0) is 4.79 Å². The lowest BCUT2D eigenvalue weighted by Crippen LogP contribution is -2.42. The van der Waals surface area contributed by atoms with Gasteiger partial charge in [0.25, 0.3) is 5.91 Å². The number of amides is 2. The van der Waals surface area contributed by atoms with E-state index in [4.69, 9.17) is 0 Å². The van der Waals surface area contributed by atoms with Crippen molar-refractivity contribution in [1.82, 2.24) is 10.7 Å². The van der Waals surface area contributed by atoms with Gasteiger partial charge in [-0.15, -0.1) is 10.1 Å². The standard InChI is InChI=1S/C26H25N3O2/c1-17-7-11-20(12-8-17)16-29-24(21-13-9-18(2)10-14-21)23(26(31)28-29)27-25(30)22-6-4-5-19(3)15-22/h4-16,23-24H,1-3H3,(H-,27,28,30,31)/p+1/b29-16-/t23-,24+/m1/s1. The fourth-order valence-electron chi connectivity index (χ4n) is 3.77. The second-order valence-electron chi connectivity index (χ2n) is 8.10. The van der Waals surface area contributed by atoms with Crippen LogP contribution in [0, 0.1) is 20.8 Å². The van der Waals surface area contributed by atoms with Gasteiger partial charge in [-0.1, -0.05) is 65.2 Å². The van der Waals surface area contributed by atoms with Crippen molar-refractivity contribution >= 4 is 18.0 Å². The summed E-state index contributed by atoms with van der Waals surface area (Å²) in [7, 11) is 0. The Morgan fingerprint density at radius 2 is 1.55 bits per heavy atom. The molecule has 156 valence electrons. The van der Waals surface area contributed by atoms with Crippen molar-refractivity contribution in [2.24, 2.45) is 0 Å². The summed E-state index contributed by atoms with van der Waals surface area (Å²) in [5, 5.41) is 2.95. The first-order valence-electron chi connectivity index (χ1n) is 10.4. The molecule has 2 N–H and O–H groups in total. The van der Waals surface area contributed by atoms with Crippen LogP contribution >= 0.6 is 0 Å². The van der Waals surface area contributed by atoms with Crippen LogP contribution in [0.5, 0.6) is 0 Å². The zero-order valence-electron chi connectivity index (χ0n) is 17.9. The number of carbonyl (C=O) groups excluding carboxylic acids is 2. The third-order valence-electron chi connectivity index (χ3n) is 5.49. The van der Waals surface area contributed by atoms with Gasteiger partial charge < -0.3 is 5.32 Å². The lowest BCUT2D eigenvalue weighted by atomic mass is 9.98. The second kappa shape index (κ2) is 8.56. The van der Waals surface area contributed by atoms with Gasteiger partial charge in [0.1, 0.15) is 0 Å². The molecule has 3 aromatic carbocycles. The number of nitrogens with zero attached hydrogens (tertiary/aromatic N) is 1. The van der Waals surface area contributed by atoms with Crippen molar-refractivity contribution in [3.8, 4) is 0 Å². The van der Waals surface area contributed by atoms with E-state index >= 15 is 0 Å². The van der Waals surface area contributed by atoms with Gasteiger partial charge in [0.05, 0.1) is 0 Å². The average Bonchev–Trinajstić information content (AvgIpc) is 3.05. The van der Waals surface area contributed by atoms with Gasteiger partial charge in [0.15, 0.2) is 6.04 Å². The number of hydrazine groups is 1. The minimum absolute atomic E-state index is 0.241. The molecular weight excluding hydrogens is 386 g/mol. The Bertz CT molecular complexity index is 1150. The number of carbonyl (C=O) groups is 2. The minimum Gasteiger partial charge on any atom is -0.334 e. The molecule has 0 spiro atoms. The van der Waals surface area contributed by atoms with Crippen molar-refractivity contribution in [1.29, 1.82) is 0 Å². The highest BCUT2D eigenvalue weighted by Gasteiger charge is 2.47. The van der Waals surface area contributed by atoms with Crippen LogP contribution < -0.4 is 10.7 Å². The molecule has 4 rings (SSSR count). The third kappa shape index (κ3) is 4.56. The molecule has 0 aliphatic carbocycles. The lowest BCUT2D eigenvalue weighted by molar-refractivity contribution is -0.596. The Kier molecular flexibility index (Phi) is 5.67. The summed E-state index contributed by atoms with van der Waals surface area (Å²) < 4.78 is 1.79. The molecule has 0 bridgehead atoms. The summed E-state index contributed by atoms with van der Waals surface area (Å²) in [6, 6.07) is 22.4. The van der Waals surface area contributed by atoms with Crippen molar-refractivity contribution < 1.29 is 14.3 Å². The largest absolute Gasteiger partial charge is 0.334 e. The van der Waals surface area contributed by atoms with Crippen LogP contribution in [0.4, 0.5) is 0 Å². The number of hydrazone groups is 1. The SMILES string of the molecule is Cc1ccc(/C=[N+]2\NC(=O)[C@H](NC(=O)c3cccc(C)c3)[C@@H]2c2ccc(C)cc2)cc1. The Hall–Kier alpha value is -3.73. The summed E-state index contributed by atoms with van der Waals surface area (Å²) in [5.74, 6) is -0.506. The third-order valence-corrected chi connectivity index (χ3v) is 5.49. The van der Waals surface area contributed by atoms with Crippen molar-refractivity contribution in [3.63, 3.8) is 0 Å². The topological polar surface area (TPSA) is 61.2 Å². The normalized spacial score (nSPS) is 19.3. The van der Waals surface area contributed by atoms with Crippen molar-refractivity contribution in [2.45, 2.75) is 32.9 Å². The Labute approximate surface area is 182 Å². The zero-order chi connectivity index (χ0) is 22.0. The van der Waals surface area contributed by atoms with Gasteiger partial charge >= 0.3 is 5.91 Å². The molecule has 1 fully saturated rings. The summed E-state index contributed by atoms with van der Waals surface area (Å²) >= 11 is 0. The van der Waals surface area contributed by atoms with E-state index in [1.165, 1.54) is 5.56 Å². The van der Waals surface area contributed by atoms with Gasteiger partial charge in [-0.05, 0) is 45.0 Å². The van der Waals surface area contributed by atoms with Crippen LogP contribution in [0.3, 0.4) is 0 Å². The van der Waals surface area contributed by atoms with Gasteiger partial charge in [-0.3, -0.25) is 9.59 Å². The molecule has 5 heteroatoms. The van der Waals surface area contributed by atoms with E-state index in [1.807, 2.05) is 93.7 Å². The molecule has 2 amide bonds. The molecule has 1 saturated heterocycles. The van der Waals surface area contributed by atoms with Crippen LogP contribution in [0.1, 0.15) is 44.2 Å². The molecule has 5 nitrogen and oxygen atoms in total. The van der Waals surface area contributed by atoms with Gasteiger partial charge in [-0.2, -0.15) is 0 Å². The Morgan fingerprint density at radius 3 is 2.19 bits per heavy atom. The highest BCUT2D eigenvalue weighted by molar-refractivity contribution is 5.98. The fourth-order valence-corrected chi connectivity index (χ4v) is 3.77. The first kappa shape index (κ1) is 20.5. The van der Waals surface area contributed by atoms with E-state index in [9.17, 15) is 9.59 Å². The molecule has 0 unspecified atom stereocenters. The summed E-state index contributed by atoms with van der Waals surface area (Å²) in [5.41, 5.74) is 8.67. The Balaban J connectivity index is 1.70. The highest BCUT2D eigenvalue weighted by Crippen LogP contribution is 2.26. The molecule has 31 heavy (non-hydrogen) atoms. The van der Waals surface area contributed by atoms with Crippen LogP contribution in [0.2, 0.25) is 0 Å². The first-order chi connectivity index (χ1) is 14.9. The summed E-state index contributed by atoms with van der Waals surface area (Å²) in [4.78, 5) is 25.8. The molecular formula is C26H26N3O2+. The summed E-state index contributed by atoms with van der Waals surface area (Å²) in [6.45, 7) is 5.99. The van der Waals surface area contributed by atoms with Crippen LogP contribution in [0.15, 0.2) is 72.8 Å². The quantitative estimate of drug-likeness (QED) is 0.643. The molecule has 1 aliphatic heterocycles. The Morgan fingerprint density at radius 1 is 0.903 bits per heavy atom. The van der Waals surface area contributed by atoms with Gasteiger partial charge in [0.2, 0.25) is 12.3 Å². The number of rotatable bonds is 4. The van der Waals surface area contributed by atoms with E-state index in [-0.39, 0.29) is 17.9 Å². The molecule has 2 atom stereocenters. The van der Waals surface area contributed by atoms with Crippen molar-refractivity contribution in [2.75, 3.05) is 0 Å². The number of hydrogen-bond acceptors (Lipinski definition) is 2. The molecule has 0 saturated carbocycles. The smallest absolute Gasteiger partial charge is 0.304 e. The molecule has 0 radical (unpaired) electrons. The van der Waals surface area contributed by atoms with E-state index in [0.717, 1.165) is 22.3 Å². The van der Waals surface area contributed by atoms with E-state index < -0.39 is 6.04 Å². The zero-order valence-corrected chi connectivity index (χ0v) is 17.9. The molecule has 0 aromatic heterocycles. The molecule has 1 aliphatic rings. The maximum Gasteiger partial charge on any atom is 0.304 e. The highest BCUT2D eigenvalue weighted by atomic mass is 16.2. The monoisotopic (exact) mass is 412 g/mol. The molecule has 1 heterocycles. The number of nitrogens with one attached hydrogen (secondary N) is 2. The summed E-state index contributed by atoms with van der Waals surface area (Å²) in [6.07, 6.45) is 1.90. The number of benzene rings is 3. The maximum absolute atomic E-state index is 12.9. The van der Waals surface area contributed by atoms with E-state index in [2.05, 4.69) is 10.7 Å². The predicted molar refractivity (Wildman–Crippen MR) is 121 cm³/mol. The van der Waals surface area contributed by atoms with Gasteiger partial charge in [0, 0.05) is 16.7 Å². The van der Waals surface area contributed by atoms with Crippen molar-refractivity contribution in [3.05, 3.63) is 106 Å². The predicted octanol–water partition coefficient (Wildman–Crippen LogP) is 3.63. The number of hydrogen-bond donors (Lipinski definition) is 2. The van der Waals surface area contributed by atoms with Crippen LogP contribution in [-0.4, -0.2) is 28.8 Å². The van der Waals surface area contributed by atoms with Gasteiger partial charge in [-0.25, -0.2) is 0 Å². The first-order valence-corrected chi connectivity index (χ1v) is 10.4. The lowest BCUT2D eigenvalue weighted by Gasteiger charge is -2.15. The van der Waals surface area contributed by atoms with E-state index in [1.54, 1.807) is 10.8 Å². The second-order valence-corrected chi connectivity index (χ2v) is 8.10. The van der Waals surface area contributed by atoms with Crippen LogP contribution in [0.25, 0.3) is 0 Å². The fraction of sp³-hybridized carbons (Fsp3) is 0.192. The molecule has 3 aromatic rings.